The molecular formula is C23H24N4O4. The summed E-state index contributed by atoms with van der Waals surface area (Å²) in [7, 11) is 3.02. The van der Waals surface area contributed by atoms with Crippen LogP contribution >= 0.6 is 0 Å². The number of anilines is 1. The van der Waals surface area contributed by atoms with E-state index in [4.69, 9.17) is 15.2 Å². The summed E-state index contributed by atoms with van der Waals surface area (Å²) >= 11 is 0. The molecular weight excluding hydrogens is 396 g/mol. The molecule has 3 aromatic rings. The number of ether oxygens (including phenoxy) is 2. The lowest BCUT2D eigenvalue weighted by atomic mass is 9.98. The Morgan fingerprint density at radius 2 is 1.71 bits per heavy atom. The smallest absolute Gasteiger partial charge is 0.261 e. The lowest BCUT2D eigenvalue weighted by Crippen LogP contribution is -2.30. The standard InChI is InChI=1S/C23H24N4O4/c1-30-18-9-6-10-19(31-2)20(18)23(29)26-12-11-15(14-26)21(28)17-13-25-27(22(17)24)16-7-4-3-5-8-16/h3-10,13,15H,11-12,14,24H2,1-2H3/t15-/m1/s1. The fourth-order valence-corrected chi connectivity index (χ4v) is 3.92. The van der Waals surface area contributed by atoms with Crippen molar-refractivity contribution in [3.05, 3.63) is 65.9 Å². The van der Waals surface area contributed by atoms with Crippen LogP contribution in [0.15, 0.2) is 54.7 Å². The van der Waals surface area contributed by atoms with Gasteiger partial charge in [0.15, 0.2) is 5.78 Å². The molecule has 0 saturated carbocycles. The number of rotatable bonds is 6. The van der Waals surface area contributed by atoms with Crippen molar-refractivity contribution in [1.82, 2.24) is 14.7 Å². The molecule has 1 amide bonds. The number of hydrogen-bond donors (Lipinski definition) is 1. The molecule has 1 aromatic heterocycles. The topological polar surface area (TPSA) is 99.7 Å². The fourth-order valence-electron chi connectivity index (χ4n) is 3.92. The molecule has 4 rings (SSSR count). The SMILES string of the molecule is COc1cccc(OC)c1C(=O)N1CC[C@@H](C(=O)c2cnn(-c3ccccc3)c2N)C1. The second kappa shape index (κ2) is 8.51. The number of para-hydroxylation sites is 1. The first-order valence-electron chi connectivity index (χ1n) is 9.98. The molecule has 0 aliphatic carbocycles. The maximum absolute atomic E-state index is 13.2. The Hall–Kier alpha value is -3.81. The minimum Gasteiger partial charge on any atom is -0.496 e. The maximum Gasteiger partial charge on any atom is 0.261 e. The summed E-state index contributed by atoms with van der Waals surface area (Å²) in [5, 5.41) is 4.28. The van der Waals surface area contributed by atoms with Crippen molar-refractivity contribution in [3.8, 4) is 17.2 Å². The summed E-state index contributed by atoms with van der Waals surface area (Å²) in [4.78, 5) is 28.0. The number of hydrogen-bond acceptors (Lipinski definition) is 6. The summed E-state index contributed by atoms with van der Waals surface area (Å²) in [6.07, 6.45) is 2.05. The highest BCUT2D eigenvalue weighted by Gasteiger charge is 2.35. The molecule has 0 radical (unpaired) electrons. The highest BCUT2D eigenvalue weighted by Crippen LogP contribution is 2.32. The van der Waals surface area contributed by atoms with E-state index in [0.717, 1.165) is 5.69 Å². The lowest BCUT2D eigenvalue weighted by Gasteiger charge is -2.19. The first kappa shape index (κ1) is 20.5. The maximum atomic E-state index is 13.2. The highest BCUT2D eigenvalue weighted by atomic mass is 16.5. The van der Waals surface area contributed by atoms with E-state index >= 15 is 0 Å². The van der Waals surface area contributed by atoms with Crippen LogP contribution in [0.5, 0.6) is 11.5 Å². The van der Waals surface area contributed by atoms with Crippen LogP contribution in [0.25, 0.3) is 5.69 Å². The second-order valence-electron chi connectivity index (χ2n) is 7.33. The molecule has 2 heterocycles. The van der Waals surface area contributed by atoms with Gasteiger partial charge in [-0.05, 0) is 30.7 Å². The van der Waals surface area contributed by atoms with Gasteiger partial charge in [0.1, 0.15) is 22.9 Å². The van der Waals surface area contributed by atoms with Gasteiger partial charge in [0.25, 0.3) is 5.91 Å². The number of methoxy groups -OCH3 is 2. The molecule has 31 heavy (non-hydrogen) atoms. The van der Waals surface area contributed by atoms with Crippen LogP contribution in [0.3, 0.4) is 0 Å². The molecule has 0 spiro atoms. The Morgan fingerprint density at radius 1 is 1.03 bits per heavy atom. The fraction of sp³-hybridized carbons (Fsp3) is 0.261. The number of likely N-dealkylation sites (tertiary alicyclic amines) is 1. The number of nitrogens with zero attached hydrogens (tertiary/aromatic N) is 3. The van der Waals surface area contributed by atoms with Crippen molar-refractivity contribution in [2.75, 3.05) is 33.0 Å². The van der Waals surface area contributed by atoms with E-state index in [1.165, 1.54) is 20.4 Å². The average molecular weight is 420 g/mol. The van der Waals surface area contributed by atoms with Crippen molar-refractivity contribution in [3.63, 3.8) is 0 Å². The molecule has 1 saturated heterocycles. The molecule has 2 aromatic carbocycles. The summed E-state index contributed by atoms with van der Waals surface area (Å²) in [6, 6.07) is 14.6. The Balaban J connectivity index is 1.53. The zero-order valence-electron chi connectivity index (χ0n) is 17.4. The van der Waals surface area contributed by atoms with E-state index in [2.05, 4.69) is 5.10 Å². The van der Waals surface area contributed by atoms with Crippen LogP contribution in [-0.2, 0) is 0 Å². The van der Waals surface area contributed by atoms with Crippen LogP contribution < -0.4 is 15.2 Å². The number of nitrogen functional groups attached to an aromatic ring is 1. The van der Waals surface area contributed by atoms with Crippen molar-refractivity contribution in [1.29, 1.82) is 0 Å². The summed E-state index contributed by atoms with van der Waals surface area (Å²) < 4.78 is 12.2. The molecule has 1 atom stereocenters. The third-order valence-corrected chi connectivity index (χ3v) is 5.56. The molecule has 2 N–H and O–H groups in total. The van der Waals surface area contributed by atoms with E-state index in [9.17, 15) is 9.59 Å². The van der Waals surface area contributed by atoms with Crippen LogP contribution in [-0.4, -0.2) is 53.7 Å². The highest BCUT2D eigenvalue weighted by molar-refractivity contribution is 6.04. The van der Waals surface area contributed by atoms with Crippen LogP contribution in [0, 0.1) is 5.92 Å². The van der Waals surface area contributed by atoms with Gasteiger partial charge in [-0.1, -0.05) is 24.3 Å². The number of amides is 1. The molecule has 1 aliphatic rings. The van der Waals surface area contributed by atoms with Crippen molar-refractivity contribution >= 4 is 17.5 Å². The van der Waals surface area contributed by atoms with Gasteiger partial charge in [-0.2, -0.15) is 5.10 Å². The first-order valence-corrected chi connectivity index (χ1v) is 9.98. The van der Waals surface area contributed by atoms with Gasteiger partial charge in [0.2, 0.25) is 0 Å². The predicted octanol–water partition coefficient (Wildman–Crippen LogP) is 2.82. The number of Topliss-reactive ketones (excluding diaryl/α,β-unsaturated/α-hetero) is 1. The number of aromatic nitrogens is 2. The number of nitrogens with two attached hydrogens (primary N) is 1. The Morgan fingerprint density at radius 3 is 2.35 bits per heavy atom. The van der Waals surface area contributed by atoms with Crippen molar-refractivity contribution in [2.45, 2.75) is 6.42 Å². The normalized spacial score (nSPS) is 15.7. The third-order valence-electron chi connectivity index (χ3n) is 5.56. The van der Waals surface area contributed by atoms with E-state index in [0.29, 0.717) is 48.0 Å². The van der Waals surface area contributed by atoms with E-state index in [-0.39, 0.29) is 17.6 Å². The minimum atomic E-state index is -0.347. The Bertz CT molecular complexity index is 1090. The summed E-state index contributed by atoms with van der Waals surface area (Å²) in [6.45, 7) is 0.762. The van der Waals surface area contributed by atoms with Gasteiger partial charge in [0.05, 0.1) is 31.7 Å². The van der Waals surface area contributed by atoms with Gasteiger partial charge in [0, 0.05) is 19.0 Å². The van der Waals surface area contributed by atoms with E-state index in [1.54, 1.807) is 27.8 Å². The largest absolute Gasteiger partial charge is 0.496 e. The zero-order valence-corrected chi connectivity index (χ0v) is 17.4. The number of ketones is 1. The number of carbonyl (C=O) groups is 2. The van der Waals surface area contributed by atoms with Crippen molar-refractivity contribution in [2.24, 2.45) is 5.92 Å². The second-order valence-corrected chi connectivity index (χ2v) is 7.33. The van der Waals surface area contributed by atoms with Crippen LogP contribution in [0.4, 0.5) is 5.82 Å². The molecule has 8 nitrogen and oxygen atoms in total. The average Bonchev–Trinajstić information content (AvgIpc) is 3.45. The molecule has 1 aliphatic heterocycles. The molecule has 8 heteroatoms. The lowest BCUT2D eigenvalue weighted by molar-refractivity contribution is 0.0774. The molecule has 160 valence electrons. The Kier molecular flexibility index (Phi) is 5.62. The van der Waals surface area contributed by atoms with Crippen LogP contribution in [0.2, 0.25) is 0 Å². The van der Waals surface area contributed by atoms with Gasteiger partial charge in [-0.15, -0.1) is 0 Å². The summed E-state index contributed by atoms with van der Waals surface area (Å²) in [5.41, 5.74) is 7.75. The van der Waals surface area contributed by atoms with Gasteiger partial charge >= 0.3 is 0 Å². The minimum absolute atomic E-state index is 0.109. The molecule has 0 bridgehead atoms. The van der Waals surface area contributed by atoms with Gasteiger partial charge in [-0.25, -0.2) is 4.68 Å². The molecule has 1 fully saturated rings. The summed E-state index contributed by atoms with van der Waals surface area (Å²) in [5.74, 6) is 0.493. The first-order chi connectivity index (χ1) is 15.0. The van der Waals surface area contributed by atoms with Gasteiger partial charge < -0.3 is 20.1 Å². The zero-order chi connectivity index (χ0) is 22.0. The van der Waals surface area contributed by atoms with Crippen LogP contribution in [0.1, 0.15) is 27.1 Å². The number of carbonyl (C=O) groups excluding carboxylic acids is 2. The predicted molar refractivity (Wildman–Crippen MR) is 116 cm³/mol. The number of benzene rings is 2. The van der Waals surface area contributed by atoms with E-state index < -0.39 is 0 Å². The van der Waals surface area contributed by atoms with Gasteiger partial charge in [-0.3, -0.25) is 9.59 Å². The third kappa shape index (κ3) is 3.72. The Labute approximate surface area is 180 Å². The molecule has 0 unspecified atom stereocenters. The van der Waals surface area contributed by atoms with E-state index in [1.807, 2.05) is 30.3 Å². The monoisotopic (exact) mass is 420 g/mol. The quantitative estimate of drug-likeness (QED) is 0.616. The van der Waals surface area contributed by atoms with Crippen molar-refractivity contribution < 1.29 is 19.1 Å².